The maximum atomic E-state index is 4.67. The highest BCUT2D eigenvalue weighted by molar-refractivity contribution is 5.59. The average molecular weight is 290 g/mol. The van der Waals surface area contributed by atoms with E-state index in [2.05, 4.69) is 90.4 Å². The fourth-order valence-electron chi connectivity index (χ4n) is 2.82. The van der Waals surface area contributed by atoms with Gasteiger partial charge in [-0.3, -0.25) is 4.68 Å². The van der Waals surface area contributed by atoms with Gasteiger partial charge < -0.3 is 0 Å². The quantitative estimate of drug-likeness (QED) is 0.642. The number of rotatable bonds is 5. The van der Waals surface area contributed by atoms with Gasteiger partial charge in [-0.1, -0.05) is 67.6 Å². The number of benzene rings is 2. The first kappa shape index (κ1) is 14.6. The minimum atomic E-state index is 0.536. The molecule has 0 aliphatic carbocycles. The van der Waals surface area contributed by atoms with Crippen molar-refractivity contribution >= 4 is 0 Å². The number of nitrogens with zero attached hydrogens (tertiary/aromatic N) is 2. The maximum Gasteiger partial charge on any atom is 0.0685 e. The highest BCUT2D eigenvalue weighted by Crippen LogP contribution is 2.23. The zero-order valence-electron chi connectivity index (χ0n) is 13.2. The summed E-state index contributed by atoms with van der Waals surface area (Å²) in [5.41, 5.74) is 4.91. The van der Waals surface area contributed by atoms with E-state index >= 15 is 0 Å². The second-order valence-corrected chi connectivity index (χ2v) is 5.86. The van der Waals surface area contributed by atoms with E-state index in [-0.39, 0.29) is 0 Å². The third-order valence-corrected chi connectivity index (χ3v) is 4.11. The Kier molecular flexibility index (Phi) is 4.38. The van der Waals surface area contributed by atoms with Crippen LogP contribution in [0.1, 0.15) is 30.5 Å². The van der Waals surface area contributed by atoms with E-state index in [1.165, 1.54) is 16.8 Å². The lowest BCUT2D eigenvalue weighted by atomic mass is 9.98. The summed E-state index contributed by atoms with van der Waals surface area (Å²) in [6, 6.07) is 23.4. The smallest absolute Gasteiger partial charge is 0.0685 e. The van der Waals surface area contributed by atoms with E-state index in [4.69, 9.17) is 0 Å². The molecule has 1 heterocycles. The van der Waals surface area contributed by atoms with Gasteiger partial charge in [0.15, 0.2) is 0 Å². The van der Waals surface area contributed by atoms with Crippen LogP contribution in [0.2, 0.25) is 0 Å². The molecule has 0 N–H and O–H groups in total. The zero-order valence-corrected chi connectivity index (χ0v) is 13.2. The molecule has 3 aromatic rings. The normalized spacial score (nSPS) is 12.3. The first-order chi connectivity index (χ1) is 10.7. The van der Waals surface area contributed by atoms with Gasteiger partial charge in [-0.05, 0) is 36.5 Å². The largest absolute Gasteiger partial charge is 0.265 e. The topological polar surface area (TPSA) is 17.8 Å². The van der Waals surface area contributed by atoms with Crippen LogP contribution in [-0.2, 0) is 6.54 Å². The number of aryl methyl sites for hydroxylation is 2. The van der Waals surface area contributed by atoms with Crippen molar-refractivity contribution in [2.24, 2.45) is 0 Å². The first-order valence-corrected chi connectivity index (χ1v) is 7.89. The Morgan fingerprint density at radius 1 is 0.955 bits per heavy atom. The second kappa shape index (κ2) is 6.61. The fourth-order valence-corrected chi connectivity index (χ4v) is 2.82. The van der Waals surface area contributed by atoms with Gasteiger partial charge in [-0.2, -0.15) is 5.10 Å². The molecule has 1 unspecified atom stereocenters. The molecule has 22 heavy (non-hydrogen) atoms. The third-order valence-electron chi connectivity index (χ3n) is 4.11. The average Bonchev–Trinajstić information content (AvgIpc) is 2.95. The van der Waals surface area contributed by atoms with Crippen LogP contribution in [0.15, 0.2) is 66.7 Å². The van der Waals surface area contributed by atoms with Crippen molar-refractivity contribution in [3.05, 3.63) is 78.0 Å². The van der Waals surface area contributed by atoms with Crippen LogP contribution < -0.4 is 0 Å². The van der Waals surface area contributed by atoms with Gasteiger partial charge in [0.1, 0.15) is 0 Å². The summed E-state index contributed by atoms with van der Waals surface area (Å²) in [7, 11) is 0. The minimum absolute atomic E-state index is 0.536. The lowest BCUT2D eigenvalue weighted by molar-refractivity contribution is 0.535. The van der Waals surface area contributed by atoms with Crippen LogP contribution in [0.25, 0.3) is 11.3 Å². The van der Waals surface area contributed by atoms with E-state index in [0.29, 0.717) is 5.92 Å². The van der Waals surface area contributed by atoms with Crippen LogP contribution in [0.3, 0.4) is 0 Å². The van der Waals surface area contributed by atoms with Gasteiger partial charge in [-0.25, -0.2) is 0 Å². The fraction of sp³-hybridized carbons (Fsp3) is 0.250. The summed E-state index contributed by atoms with van der Waals surface area (Å²) in [6.45, 7) is 5.28. The van der Waals surface area contributed by atoms with E-state index in [1.807, 2.05) is 0 Å². The van der Waals surface area contributed by atoms with Gasteiger partial charge in [0.05, 0.1) is 11.4 Å². The Morgan fingerprint density at radius 3 is 2.27 bits per heavy atom. The summed E-state index contributed by atoms with van der Waals surface area (Å²) in [4.78, 5) is 0. The third kappa shape index (κ3) is 3.28. The van der Waals surface area contributed by atoms with Crippen LogP contribution in [0.5, 0.6) is 0 Å². The molecule has 0 saturated heterocycles. The molecule has 0 spiro atoms. The van der Waals surface area contributed by atoms with Gasteiger partial charge in [-0.15, -0.1) is 0 Å². The monoisotopic (exact) mass is 290 g/mol. The Hall–Kier alpha value is -2.35. The van der Waals surface area contributed by atoms with E-state index < -0.39 is 0 Å². The van der Waals surface area contributed by atoms with E-state index in [1.54, 1.807) is 0 Å². The van der Waals surface area contributed by atoms with Gasteiger partial charge >= 0.3 is 0 Å². The molecule has 0 aliphatic rings. The Labute approximate surface area is 132 Å². The van der Waals surface area contributed by atoms with Crippen molar-refractivity contribution in [1.29, 1.82) is 0 Å². The number of hydrogen-bond donors (Lipinski definition) is 0. The summed E-state index contributed by atoms with van der Waals surface area (Å²) in [5.74, 6) is 0.536. The highest BCUT2D eigenvalue weighted by Gasteiger charge is 2.10. The van der Waals surface area contributed by atoms with Crippen LogP contribution in [0, 0.1) is 6.92 Å². The molecule has 2 aromatic carbocycles. The van der Waals surface area contributed by atoms with Crippen molar-refractivity contribution in [3.8, 4) is 11.3 Å². The molecule has 2 heteroatoms. The standard InChI is InChI=1S/C20H22N2/c1-16(18-9-5-3-6-10-18)13-14-22-20(15-17(2)21-22)19-11-7-4-8-12-19/h3-12,15-16H,13-14H2,1-2H3. The highest BCUT2D eigenvalue weighted by atomic mass is 15.3. The summed E-state index contributed by atoms with van der Waals surface area (Å²) < 4.78 is 2.14. The molecule has 0 radical (unpaired) electrons. The van der Waals surface area contributed by atoms with Crippen molar-refractivity contribution in [2.75, 3.05) is 0 Å². The first-order valence-electron chi connectivity index (χ1n) is 7.89. The molecule has 0 fully saturated rings. The molecule has 0 bridgehead atoms. The summed E-state index contributed by atoms with van der Waals surface area (Å²) in [5, 5.41) is 4.67. The van der Waals surface area contributed by atoms with Crippen molar-refractivity contribution in [2.45, 2.75) is 32.7 Å². The second-order valence-electron chi connectivity index (χ2n) is 5.86. The van der Waals surface area contributed by atoms with Crippen LogP contribution in [-0.4, -0.2) is 9.78 Å². The molecule has 3 rings (SSSR count). The lowest BCUT2D eigenvalue weighted by Crippen LogP contribution is -2.06. The van der Waals surface area contributed by atoms with Crippen molar-refractivity contribution in [3.63, 3.8) is 0 Å². The number of hydrogen-bond acceptors (Lipinski definition) is 1. The predicted octanol–water partition coefficient (Wildman–Crippen LogP) is 5.05. The van der Waals surface area contributed by atoms with Crippen LogP contribution in [0.4, 0.5) is 0 Å². The molecular weight excluding hydrogens is 268 g/mol. The number of aromatic nitrogens is 2. The lowest BCUT2D eigenvalue weighted by Gasteiger charge is -2.13. The Balaban J connectivity index is 1.76. The zero-order chi connectivity index (χ0) is 15.4. The minimum Gasteiger partial charge on any atom is -0.265 e. The Morgan fingerprint density at radius 2 is 1.59 bits per heavy atom. The van der Waals surface area contributed by atoms with E-state index in [0.717, 1.165) is 18.7 Å². The molecule has 0 amide bonds. The van der Waals surface area contributed by atoms with Crippen molar-refractivity contribution < 1.29 is 0 Å². The van der Waals surface area contributed by atoms with E-state index in [9.17, 15) is 0 Å². The molecule has 112 valence electrons. The van der Waals surface area contributed by atoms with Crippen LogP contribution >= 0.6 is 0 Å². The Bertz CT molecular complexity index is 714. The van der Waals surface area contributed by atoms with Crippen molar-refractivity contribution in [1.82, 2.24) is 9.78 Å². The van der Waals surface area contributed by atoms with Gasteiger partial charge in [0.25, 0.3) is 0 Å². The molecule has 0 aliphatic heterocycles. The summed E-state index contributed by atoms with van der Waals surface area (Å²) >= 11 is 0. The molecule has 0 saturated carbocycles. The molecule has 1 atom stereocenters. The predicted molar refractivity (Wildman–Crippen MR) is 91.9 cm³/mol. The SMILES string of the molecule is Cc1cc(-c2ccccc2)n(CCC(C)c2ccccc2)n1. The van der Waals surface area contributed by atoms with Gasteiger partial charge in [0, 0.05) is 6.54 Å². The maximum absolute atomic E-state index is 4.67. The van der Waals surface area contributed by atoms with Gasteiger partial charge in [0.2, 0.25) is 0 Å². The summed E-state index contributed by atoms with van der Waals surface area (Å²) in [6.07, 6.45) is 1.09. The molecular formula is C20H22N2. The molecule has 2 nitrogen and oxygen atoms in total. The molecule has 1 aromatic heterocycles.